The molecule has 1 N–H and O–H groups in total. The first-order valence-corrected chi connectivity index (χ1v) is 10.5. The second-order valence-corrected chi connectivity index (χ2v) is 8.42. The monoisotopic (exact) mass is 391 g/mol. The van der Waals surface area contributed by atoms with Crippen molar-refractivity contribution < 1.29 is 17.9 Å². The van der Waals surface area contributed by atoms with Crippen LogP contribution in [0, 0.1) is 0 Å². The van der Waals surface area contributed by atoms with Crippen molar-refractivity contribution in [1.29, 1.82) is 0 Å². The second kappa shape index (κ2) is 7.32. The van der Waals surface area contributed by atoms with E-state index in [1.165, 1.54) is 22.9 Å². The Kier molecular flexibility index (Phi) is 4.88. The molecule has 0 unspecified atom stereocenters. The third kappa shape index (κ3) is 4.14. The molecule has 144 valence electrons. The van der Waals surface area contributed by atoms with Crippen molar-refractivity contribution in [3.8, 4) is 11.5 Å². The molecule has 1 fully saturated rings. The highest BCUT2D eigenvalue weighted by Gasteiger charge is 2.25. The number of hydrogen-bond donors (Lipinski definition) is 1. The van der Waals surface area contributed by atoms with Crippen LogP contribution < -0.4 is 19.8 Å². The molecule has 0 amide bonds. The Labute approximate surface area is 157 Å². The Morgan fingerprint density at radius 2 is 1.89 bits per heavy atom. The van der Waals surface area contributed by atoms with Crippen LogP contribution in [0.3, 0.4) is 0 Å². The fourth-order valence-corrected chi connectivity index (χ4v) is 3.94. The predicted molar refractivity (Wildman–Crippen MR) is 97.7 cm³/mol. The minimum absolute atomic E-state index is 0.0673. The van der Waals surface area contributed by atoms with E-state index in [1.54, 1.807) is 12.1 Å². The molecule has 0 bridgehead atoms. The molecule has 1 aromatic heterocycles. The van der Waals surface area contributed by atoms with Gasteiger partial charge >= 0.3 is 0 Å². The SMILES string of the molecule is O=c1ccc(C2CC2)nn1CCNS(=O)(=O)c1ccc2c(c1)OCCCO2. The van der Waals surface area contributed by atoms with Crippen LogP contribution in [0.4, 0.5) is 0 Å². The highest BCUT2D eigenvalue weighted by atomic mass is 32.2. The molecular formula is C18H21N3O5S. The molecule has 0 spiro atoms. The molecule has 0 atom stereocenters. The summed E-state index contributed by atoms with van der Waals surface area (Å²) < 4.78 is 40.0. The maximum absolute atomic E-state index is 12.5. The minimum atomic E-state index is -3.73. The maximum Gasteiger partial charge on any atom is 0.266 e. The molecule has 2 aliphatic rings. The molecule has 2 heterocycles. The number of hydrogen-bond acceptors (Lipinski definition) is 6. The van der Waals surface area contributed by atoms with Gasteiger partial charge in [0.15, 0.2) is 11.5 Å². The van der Waals surface area contributed by atoms with E-state index in [1.807, 2.05) is 0 Å². The van der Waals surface area contributed by atoms with Gasteiger partial charge in [-0.2, -0.15) is 5.10 Å². The summed E-state index contributed by atoms with van der Waals surface area (Å²) in [6.45, 7) is 1.26. The summed E-state index contributed by atoms with van der Waals surface area (Å²) in [5.41, 5.74) is 0.648. The first-order chi connectivity index (χ1) is 13.0. The first kappa shape index (κ1) is 18.0. The van der Waals surface area contributed by atoms with Crippen LogP contribution in [-0.4, -0.2) is 38.0 Å². The van der Waals surface area contributed by atoms with E-state index in [-0.39, 0.29) is 23.5 Å². The van der Waals surface area contributed by atoms with E-state index in [4.69, 9.17) is 9.47 Å². The van der Waals surface area contributed by atoms with Gasteiger partial charge in [0.25, 0.3) is 5.56 Å². The van der Waals surface area contributed by atoms with Gasteiger partial charge in [0.2, 0.25) is 10.0 Å². The largest absolute Gasteiger partial charge is 0.490 e. The Bertz CT molecular complexity index is 998. The Balaban J connectivity index is 1.44. The zero-order valence-electron chi connectivity index (χ0n) is 14.8. The number of nitrogens with one attached hydrogen (secondary N) is 1. The van der Waals surface area contributed by atoms with E-state index in [9.17, 15) is 13.2 Å². The van der Waals surface area contributed by atoms with Gasteiger partial charge in [-0.25, -0.2) is 17.8 Å². The van der Waals surface area contributed by atoms with Crippen molar-refractivity contribution in [3.63, 3.8) is 0 Å². The third-order valence-electron chi connectivity index (χ3n) is 4.53. The molecule has 8 nitrogen and oxygen atoms in total. The summed E-state index contributed by atoms with van der Waals surface area (Å²) in [4.78, 5) is 12.0. The van der Waals surface area contributed by atoms with Crippen molar-refractivity contribution in [3.05, 3.63) is 46.4 Å². The van der Waals surface area contributed by atoms with Crippen LogP contribution >= 0.6 is 0 Å². The maximum atomic E-state index is 12.5. The number of nitrogens with zero attached hydrogens (tertiary/aromatic N) is 2. The zero-order valence-corrected chi connectivity index (χ0v) is 15.6. The van der Waals surface area contributed by atoms with E-state index in [0.29, 0.717) is 30.6 Å². The van der Waals surface area contributed by atoms with Crippen molar-refractivity contribution in [1.82, 2.24) is 14.5 Å². The number of aromatic nitrogens is 2. The van der Waals surface area contributed by atoms with E-state index >= 15 is 0 Å². The van der Waals surface area contributed by atoms with Crippen LogP contribution in [0.25, 0.3) is 0 Å². The topological polar surface area (TPSA) is 99.5 Å². The predicted octanol–water partition coefficient (Wildman–Crippen LogP) is 1.26. The average molecular weight is 391 g/mol. The van der Waals surface area contributed by atoms with Crippen molar-refractivity contribution in [2.24, 2.45) is 0 Å². The van der Waals surface area contributed by atoms with Crippen molar-refractivity contribution in [2.75, 3.05) is 19.8 Å². The van der Waals surface area contributed by atoms with E-state index in [0.717, 1.165) is 25.0 Å². The lowest BCUT2D eigenvalue weighted by Crippen LogP contribution is -2.32. The smallest absolute Gasteiger partial charge is 0.266 e. The summed E-state index contributed by atoms with van der Waals surface area (Å²) >= 11 is 0. The normalized spacial score (nSPS) is 16.7. The molecule has 2 aromatic rings. The van der Waals surface area contributed by atoms with Crippen molar-refractivity contribution in [2.45, 2.75) is 36.6 Å². The van der Waals surface area contributed by atoms with Gasteiger partial charge in [0, 0.05) is 31.0 Å². The van der Waals surface area contributed by atoms with E-state index in [2.05, 4.69) is 9.82 Å². The van der Waals surface area contributed by atoms with Gasteiger partial charge in [-0.15, -0.1) is 0 Å². The van der Waals surface area contributed by atoms with Crippen molar-refractivity contribution >= 4 is 10.0 Å². The quantitative estimate of drug-likeness (QED) is 0.796. The molecule has 1 aliphatic carbocycles. The molecule has 0 saturated heterocycles. The number of rotatable bonds is 6. The lowest BCUT2D eigenvalue weighted by Gasteiger charge is -2.11. The summed E-state index contributed by atoms with van der Waals surface area (Å²) in [6, 6.07) is 7.77. The van der Waals surface area contributed by atoms with Gasteiger partial charge in [-0.3, -0.25) is 4.79 Å². The zero-order chi connectivity index (χ0) is 18.9. The van der Waals surface area contributed by atoms with Gasteiger partial charge in [0.05, 0.1) is 30.3 Å². The highest BCUT2D eigenvalue weighted by Crippen LogP contribution is 2.38. The van der Waals surface area contributed by atoms with Crippen LogP contribution in [0.1, 0.15) is 30.9 Å². The number of benzene rings is 1. The second-order valence-electron chi connectivity index (χ2n) is 6.65. The first-order valence-electron chi connectivity index (χ1n) is 9.00. The Hall–Kier alpha value is -2.39. The van der Waals surface area contributed by atoms with Crippen LogP contribution in [0.15, 0.2) is 40.0 Å². The third-order valence-corrected chi connectivity index (χ3v) is 5.99. The Morgan fingerprint density at radius 3 is 2.67 bits per heavy atom. The molecule has 1 saturated carbocycles. The van der Waals surface area contributed by atoms with Crippen LogP contribution in [0.5, 0.6) is 11.5 Å². The van der Waals surface area contributed by atoms with Gasteiger partial charge in [-0.1, -0.05) is 0 Å². The van der Waals surface area contributed by atoms with Gasteiger partial charge < -0.3 is 9.47 Å². The molecule has 9 heteroatoms. The van der Waals surface area contributed by atoms with Gasteiger partial charge in [-0.05, 0) is 31.0 Å². The molecule has 0 radical (unpaired) electrons. The fourth-order valence-electron chi connectivity index (χ4n) is 2.90. The summed E-state index contributed by atoms with van der Waals surface area (Å²) in [5, 5.41) is 4.33. The molecule has 1 aromatic carbocycles. The molecular weight excluding hydrogens is 370 g/mol. The lowest BCUT2D eigenvalue weighted by molar-refractivity contribution is 0.297. The summed E-state index contributed by atoms with van der Waals surface area (Å²) in [6.07, 6.45) is 2.92. The molecule has 27 heavy (non-hydrogen) atoms. The number of ether oxygens (including phenoxy) is 2. The molecule has 1 aliphatic heterocycles. The average Bonchev–Trinajstić information content (AvgIpc) is 3.49. The van der Waals surface area contributed by atoms with Crippen LogP contribution in [-0.2, 0) is 16.6 Å². The summed E-state index contributed by atoms with van der Waals surface area (Å²) in [7, 11) is -3.73. The lowest BCUT2D eigenvalue weighted by atomic mass is 10.3. The Morgan fingerprint density at radius 1 is 1.11 bits per heavy atom. The minimum Gasteiger partial charge on any atom is -0.490 e. The van der Waals surface area contributed by atoms with Gasteiger partial charge in [0.1, 0.15) is 0 Å². The molecule has 4 rings (SSSR count). The fraction of sp³-hybridized carbons (Fsp3) is 0.444. The number of sulfonamides is 1. The highest BCUT2D eigenvalue weighted by molar-refractivity contribution is 7.89. The standard InChI is InChI=1S/C18H21N3O5S/c22-18-7-5-15(13-2-3-13)20-21(18)9-8-19-27(23,24)14-4-6-16-17(12-14)26-11-1-10-25-16/h4-7,12-13,19H,1-3,8-11H2. The van der Waals surface area contributed by atoms with Crippen LogP contribution in [0.2, 0.25) is 0 Å². The number of fused-ring (bicyclic) bond motifs is 1. The van der Waals surface area contributed by atoms with E-state index < -0.39 is 10.0 Å². The summed E-state index contributed by atoms with van der Waals surface area (Å²) in [5.74, 6) is 1.39.